The molecule has 0 aromatic rings. The summed E-state index contributed by atoms with van der Waals surface area (Å²) in [6.07, 6.45) is 4.16. The summed E-state index contributed by atoms with van der Waals surface area (Å²) in [7, 11) is 0. The van der Waals surface area contributed by atoms with E-state index in [2.05, 4.69) is 0 Å². The van der Waals surface area contributed by atoms with Gasteiger partial charge in [-0.05, 0) is 12.8 Å². The Labute approximate surface area is 53.6 Å². The van der Waals surface area contributed by atoms with E-state index in [1.54, 1.807) is 6.20 Å². The van der Waals surface area contributed by atoms with Gasteiger partial charge in [0.05, 0.1) is 0 Å². The predicted molar refractivity (Wildman–Crippen MR) is 30.5 cm³/mol. The SMILES string of the molecule is O=C([O-])N1C=CCCC1. The Balaban J connectivity index is 2.50. The number of hydrogen-bond donors (Lipinski definition) is 0. The molecule has 9 heavy (non-hydrogen) atoms. The van der Waals surface area contributed by atoms with Gasteiger partial charge in [-0.15, -0.1) is 0 Å². The number of carbonyl (C=O) groups excluding carboxylic acids is 1. The first kappa shape index (κ1) is 6.13. The van der Waals surface area contributed by atoms with Crippen LogP contribution in [-0.2, 0) is 0 Å². The summed E-state index contributed by atoms with van der Waals surface area (Å²) < 4.78 is 0. The second kappa shape index (κ2) is 2.53. The van der Waals surface area contributed by atoms with Crippen molar-refractivity contribution in [2.45, 2.75) is 12.8 Å². The summed E-state index contributed by atoms with van der Waals surface area (Å²) >= 11 is 0. The van der Waals surface area contributed by atoms with Gasteiger partial charge in [-0.1, -0.05) is 6.08 Å². The number of carboxylic acid groups (broad SMARTS) is 1. The largest absolute Gasteiger partial charge is 0.530 e. The zero-order valence-corrected chi connectivity index (χ0v) is 5.04. The van der Waals surface area contributed by atoms with Crippen molar-refractivity contribution in [2.75, 3.05) is 6.54 Å². The molecule has 1 amide bonds. The van der Waals surface area contributed by atoms with Crippen LogP contribution >= 0.6 is 0 Å². The molecule has 3 heteroatoms. The Morgan fingerprint density at radius 1 is 1.67 bits per heavy atom. The average molecular weight is 126 g/mol. The molecule has 0 saturated carbocycles. The second-order valence-corrected chi connectivity index (χ2v) is 1.99. The highest BCUT2D eigenvalue weighted by atomic mass is 16.4. The fourth-order valence-electron chi connectivity index (χ4n) is 0.808. The smallest absolute Gasteiger partial charge is 0.141 e. The minimum absolute atomic E-state index is 0.582. The zero-order valence-electron chi connectivity index (χ0n) is 5.04. The molecule has 0 radical (unpaired) electrons. The van der Waals surface area contributed by atoms with Gasteiger partial charge in [-0.3, -0.25) is 0 Å². The van der Waals surface area contributed by atoms with Gasteiger partial charge in [0, 0.05) is 12.7 Å². The highest BCUT2D eigenvalue weighted by molar-refractivity contribution is 5.63. The van der Waals surface area contributed by atoms with E-state index >= 15 is 0 Å². The minimum Gasteiger partial charge on any atom is -0.530 e. The molecular weight excluding hydrogens is 118 g/mol. The summed E-state index contributed by atoms with van der Waals surface area (Å²) in [6, 6.07) is 0. The lowest BCUT2D eigenvalue weighted by Crippen LogP contribution is -2.39. The van der Waals surface area contributed by atoms with Gasteiger partial charge in [-0.2, -0.15) is 0 Å². The standard InChI is InChI=1S/C6H9NO2/c8-6(9)7-4-2-1-3-5-7/h2,4H,1,3,5H2,(H,8,9)/p-1. The van der Waals surface area contributed by atoms with Crippen molar-refractivity contribution in [1.29, 1.82) is 0 Å². The molecule has 0 aliphatic carbocycles. The molecule has 0 saturated heterocycles. The van der Waals surface area contributed by atoms with Crippen LogP contribution in [0.4, 0.5) is 4.79 Å². The van der Waals surface area contributed by atoms with Gasteiger partial charge in [0.15, 0.2) is 0 Å². The number of rotatable bonds is 0. The lowest BCUT2D eigenvalue weighted by atomic mass is 10.2. The van der Waals surface area contributed by atoms with Crippen molar-refractivity contribution in [3.63, 3.8) is 0 Å². The number of nitrogens with zero attached hydrogens (tertiary/aromatic N) is 1. The van der Waals surface area contributed by atoms with Crippen LogP contribution in [0.3, 0.4) is 0 Å². The van der Waals surface area contributed by atoms with E-state index in [9.17, 15) is 9.90 Å². The first-order chi connectivity index (χ1) is 4.30. The van der Waals surface area contributed by atoms with Crippen molar-refractivity contribution in [1.82, 2.24) is 4.90 Å². The molecule has 1 aliphatic rings. The van der Waals surface area contributed by atoms with Crippen molar-refractivity contribution >= 4 is 6.09 Å². The molecule has 1 aliphatic heterocycles. The molecule has 0 spiro atoms. The Morgan fingerprint density at radius 2 is 2.44 bits per heavy atom. The summed E-state index contributed by atoms with van der Waals surface area (Å²) in [4.78, 5) is 11.3. The maximum atomic E-state index is 10.1. The van der Waals surface area contributed by atoms with Crippen LogP contribution in [-0.4, -0.2) is 17.5 Å². The van der Waals surface area contributed by atoms with Gasteiger partial charge >= 0.3 is 0 Å². The quantitative estimate of drug-likeness (QED) is 0.456. The third-order valence-electron chi connectivity index (χ3n) is 1.29. The highest BCUT2D eigenvalue weighted by Crippen LogP contribution is 2.03. The van der Waals surface area contributed by atoms with Crippen LogP contribution in [0.5, 0.6) is 0 Å². The topological polar surface area (TPSA) is 43.4 Å². The van der Waals surface area contributed by atoms with Crippen molar-refractivity contribution in [2.24, 2.45) is 0 Å². The molecule has 1 rings (SSSR count). The highest BCUT2D eigenvalue weighted by Gasteiger charge is 2.01. The van der Waals surface area contributed by atoms with Crippen molar-refractivity contribution in [3.05, 3.63) is 12.3 Å². The predicted octanol–water partition coefficient (Wildman–Crippen LogP) is -0.0608. The monoisotopic (exact) mass is 126 g/mol. The van der Waals surface area contributed by atoms with Crippen molar-refractivity contribution in [3.8, 4) is 0 Å². The lowest BCUT2D eigenvalue weighted by molar-refractivity contribution is -0.262. The Kier molecular flexibility index (Phi) is 1.72. The Hall–Kier alpha value is -0.990. The van der Waals surface area contributed by atoms with Gasteiger partial charge in [0.2, 0.25) is 0 Å². The third-order valence-corrected chi connectivity index (χ3v) is 1.29. The average Bonchev–Trinajstić information content (AvgIpc) is 1.90. The summed E-state index contributed by atoms with van der Waals surface area (Å²) in [5.74, 6) is 0. The molecular formula is C6H8NO2-. The van der Waals surface area contributed by atoms with Crippen LogP contribution in [0.1, 0.15) is 12.8 Å². The number of allylic oxidation sites excluding steroid dienone is 1. The summed E-state index contributed by atoms with van der Waals surface area (Å²) in [5.41, 5.74) is 0. The van der Waals surface area contributed by atoms with Gasteiger partial charge in [-0.25, -0.2) is 0 Å². The molecule has 0 aromatic heterocycles. The first-order valence-electron chi connectivity index (χ1n) is 2.95. The fraction of sp³-hybridized carbons (Fsp3) is 0.500. The van der Waals surface area contributed by atoms with E-state index in [0.29, 0.717) is 6.54 Å². The summed E-state index contributed by atoms with van der Waals surface area (Å²) in [5, 5.41) is 10.1. The minimum atomic E-state index is -1.11. The molecule has 0 unspecified atom stereocenters. The molecule has 50 valence electrons. The molecule has 0 bridgehead atoms. The second-order valence-electron chi connectivity index (χ2n) is 1.99. The van der Waals surface area contributed by atoms with Crippen LogP contribution in [0, 0.1) is 0 Å². The molecule has 0 fully saturated rings. The molecule has 3 nitrogen and oxygen atoms in total. The number of hydrogen-bond acceptors (Lipinski definition) is 2. The fourth-order valence-corrected chi connectivity index (χ4v) is 0.808. The lowest BCUT2D eigenvalue weighted by Gasteiger charge is -2.22. The molecule has 0 atom stereocenters. The van der Waals surface area contributed by atoms with Crippen LogP contribution in [0.25, 0.3) is 0 Å². The maximum absolute atomic E-state index is 10.1. The number of carbonyl (C=O) groups is 1. The van der Waals surface area contributed by atoms with E-state index in [0.717, 1.165) is 12.8 Å². The zero-order chi connectivity index (χ0) is 6.69. The molecule has 1 heterocycles. The van der Waals surface area contributed by atoms with Gasteiger partial charge < -0.3 is 14.8 Å². The van der Waals surface area contributed by atoms with Gasteiger partial charge in [0.25, 0.3) is 0 Å². The van der Waals surface area contributed by atoms with Crippen molar-refractivity contribution < 1.29 is 9.90 Å². The first-order valence-corrected chi connectivity index (χ1v) is 2.95. The van der Waals surface area contributed by atoms with E-state index < -0.39 is 6.09 Å². The maximum Gasteiger partial charge on any atom is 0.141 e. The van der Waals surface area contributed by atoms with E-state index in [4.69, 9.17) is 0 Å². The van der Waals surface area contributed by atoms with E-state index in [-0.39, 0.29) is 0 Å². The Morgan fingerprint density at radius 3 is 2.78 bits per heavy atom. The Bertz CT molecular complexity index is 142. The van der Waals surface area contributed by atoms with Gasteiger partial charge in [0.1, 0.15) is 6.09 Å². The van der Waals surface area contributed by atoms with E-state index in [1.165, 1.54) is 4.90 Å². The number of amides is 1. The van der Waals surface area contributed by atoms with Crippen LogP contribution < -0.4 is 5.11 Å². The summed E-state index contributed by atoms with van der Waals surface area (Å²) in [6.45, 7) is 0.582. The molecule has 0 N–H and O–H groups in total. The van der Waals surface area contributed by atoms with Crippen LogP contribution in [0.15, 0.2) is 12.3 Å². The van der Waals surface area contributed by atoms with E-state index in [1.807, 2.05) is 6.08 Å². The normalized spacial score (nSPS) is 18.0. The van der Waals surface area contributed by atoms with Crippen LogP contribution in [0.2, 0.25) is 0 Å². The third kappa shape index (κ3) is 1.45. The molecule has 0 aromatic carbocycles.